The quantitative estimate of drug-likeness (QED) is 0.601. The average molecular weight is 118 g/mol. The molecule has 0 saturated carbocycles. The third kappa shape index (κ3) is 3.89. The lowest BCUT2D eigenvalue weighted by molar-refractivity contribution is 0.340. The van der Waals surface area contributed by atoms with Crippen LogP contribution in [0.3, 0.4) is 0 Å². The van der Waals surface area contributed by atoms with Crippen molar-refractivity contribution in [1.29, 1.82) is 0 Å². The zero-order chi connectivity index (χ0) is 5.70. The van der Waals surface area contributed by atoms with Crippen LogP contribution in [0.4, 0.5) is 0 Å². The predicted octanol–water partition coefficient (Wildman–Crippen LogP) is 1.25. The first-order chi connectivity index (χ1) is 3.31. The first-order valence-electron chi connectivity index (χ1n) is 2.22. The fourth-order valence-electron chi connectivity index (χ4n) is 0.250. The maximum Gasteiger partial charge on any atom is 0.0734 e. The van der Waals surface area contributed by atoms with E-state index in [-0.39, 0.29) is 6.61 Å². The van der Waals surface area contributed by atoms with Gasteiger partial charge in [0, 0.05) is 4.91 Å². The largest absolute Gasteiger partial charge is 0.391 e. The van der Waals surface area contributed by atoms with E-state index in [1.807, 2.05) is 6.92 Å². The lowest BCUT2D eigenvalue weighted by Gasteiger charge is -1.93. The fraction of sp³-hybridized carbons (Fsp3) is 0.600. The molecule has 0 aromatic rings. The van der Waals surface area contributed by atoms with Gasteiger partial charge >= 0.3 is 0 Å². The molecular formula is C5H10OS. The molecule has 1 nitrogen and oxygen atoms in total. The maximum absolute atomic E-state index is 8.35. The molecule has 7 heavy (non-hydrogen) atoms. The highest BCUT2D eigenvalue weighted by molar-refractivity contribution is 8.03. The summed E-state index contributed by atoms with van der Waals surface area (Å²) in [5.74, 6) is 0.999. The van der Waals surface area contributed by atoms with E-state index >= 15 is 0 Å². The summed E-state index contributed by atoms with van der Waals surface area (Å²) in [5, 5.41) is 8.35. The number of hydrogen-bond acceptors (Lipinski definition) is 2. The standard InChI is InChI=1S/C5H10OS/c1-3-7-5(2)4-6/h6H,2-4H2,1H3. The molecule has 0 aromatic heterocycles. The molecule has 0 bridgehead atoms. The molecule has 0 heterocycles. The van der Waals surface area contributed by atoms with Crippen LogP contribution in [-0.2, 0) is 0 Å². The highest BCUT2D eigenvalue weighted by atomic mass is 32.2. The summed E-state index contributed by atoms with van der Waals surface area (Å²) < 4.78 is 0. The van der Waals surface area contributed by atoms with E-state index in [1.165, 1.54) is 0 Å². The van der Waals surface area contributed by atoms with Gasteiger partial charge in [0.25, 0.3) is 0 Å². The van der Waals surface area contributed by atoms with Gasteiger partial charge in [-0.1, -0.05) is 13.5 Å². The SMILES string of the molecule is C=C(CO)SCC. The molecule has 0 fully saturated rings. The van der Waals surface area contributed by atoms with Crippen LogP contribution in [0, 0.1) is 0 Å². The predicted molar refractivity (Wildman–Crippen MR) is 34.4 cm³/mol. The Balaban J connectivity index is 3.00. The minimum absolute atomic E-state index is 0.110. The summed E-state index contributed by atoms with van der Waals surface area (Å²) in [7, 11) is 0. The summed E-state index contributed by atoms with van der Waals surface area (Å²) in [6.45, 7) is 5.72. The molecule has 0 aliphatic carbocycles. The molecular weight excluding hydrogens is 108 g/mol. The van der Waals surface area contributed by atoms with Gasteiger partial charge in [-0.25, -0.2) is 0 Å². The van der Waals surface area contributed by atoms with Crippen molar-refractivity contribution in [3.63, 3.8) is 0 Å². The molecule has 0 rings (SSSR count). The first-order valence-corrected chi connectivity index (χ1v) is 3.21. The van der Waals surface area contributed by atoms with Crippen molar-refractivity contribution < 1.29 is 5.11 Å². The van der Waals surface area contributed by atoms with E-state index in [0.29, 0.717) is 0 Å². The van der Waals surface area contributed by atoms with E-state index in [0.717, 1.165) is 10.7 Å². The molecule has 0 amide bonds. The molecule has 2 heteroatoms. The van der Waals surface area contributed by atoms with Crippen LogP contribution in [0.2, 0.25) is 0 Å². The molecule has 0 aliphatic heterocycles. The van der Waals surface area contributed by atoms with Gasteiger partial charge in [-0.3, -0.25) is 0 Å². The minimum Gasteiger partial charge on any atom is -0.391 e. The molecule has 42 valence electrons. The van der Waals surface area contributed by atoms with Crippen molar-refractivity contribution in [2.75, 3.05) is 12.4 Å². The van der Waals surface area contributed by atoms with E-state index in [1.54, 1.807) is 11.8 Å². The van der Waals surface area contributed by atoms with Crippen molar-refractivity contribution in [3.05, 3.63) is 11.5 Å². The van der Waals surface area contributed by atoms with Crippen LogP contribution in [0.1, 0.15) is 6.92 Å². The molecule has 0 aliphatic rings. The summed E-state index contributed by atoms with van der Waals surface area (Å²) >= 11 is 1.59. The molecule has 1 N–H and O–H groups in total. The summed E-state index contributed by atoms with van der Waals surface area (Å²) in [5.41, 5.74) is 0. The first kappa shape index (κ1) is 7.05. The third-order valence-electron chi connectivity index (χ3n) is 0.525. The number of aliphatic hydroxyl groups excluding tert-OH is 1. The molecule has 0 saturated heterocycles. The van der Waals surface area contributed by atoms with Gasteiger partial charge in [-0.2, -0.15) is 0 Å². The Kier molecular flexibility index (Phi) is 4.25. The van der Waals surface area contributed by atoms with Crippen LogP contribution in [0.15, 0.2) is 11.5 Å². The van der Waals surface area contributed by atoms with Gasteiger partial charge in [0.2, 0.25) is 0 Å². The monoisotopic (exact) mass is 118 g/mol. The zero-order valence-corrected chi connectivity index (χ0v) is 5.29. The third-order valence-corrected chi connectivity index (χ3v) is 1.35. The Morgan fingerprint density at radius 1 is 1.86 bits per heavy atom. The van der Waals surface area contributed by atoms with Crippen LogP contribution < -0.4 is 0 Å². The van der Waals surface area contributed by atoms with Crippen molar-refractivity contribution in [3.8, 4) is 0 Å². The normalized spacial score (nSPS) is 8.86. The number of aliphatic hydroxyl groups is 1. The van der Waals surface area contributed by atoms with Gasteiger partial charge in [-0.05, 0) is 5.75 Å². The van der Waals surface area contributed by atoms with Crippen LogP contribution >= 0.6 is 11.8 Å². The average Bonchev–Trinajstić information content (AvgIpc) is 1.68. The highest BCUT2D eigenvalue weighted by Crippen LogP contribution is 2.09. The topological polar surface area (TPSA) is 20.2 Å². The van der Waals surface area contributed by atoms with Crippen LogP contribution in [0.5, 0.6) is 0 Å². The van der Waals surface area contributed by atoms with Crippen molar-refractivity contribution in [2.24, 2.45) is 0 Å². The van der Waals surface area contributed by atoms with Crippen LogP contribution in [-0.4, -0.2) is 17.5 Å². The van der Waals surface area contributed by atoms with Gasteiger partial charge in [0.15, 0.2) is 0 Å². The molecule has 0 aromatic carbocycles. The van der Waals surface area contributed by atoms with Gasteiger partial charge < -0.3 is 5.11 Å². The van der Waals surface area contributed by atoms with E-state index in [9.17, 15) is 0 Å². The van der Waals surface area contributed by atoms with Gasteiger partial charge in [-0.15, -0.1) is 11.8 Å². The zero-order valence-electron chi connectivity index (χ0n) is 4.48. The minimum atomic E-state index is 0.110. The molecule has 0 unspecified atom stereocenters. The number of thioether (sulfide) groups is 1. The lowest BCUT2D eigenvalue weighted by Crippen LogP contribution is -1.81. The van der Waals surface area contributed by atoms with E-state index in [2.05, 4.69) is 6.58 Å². The Morgan fingerprint density at radius 2 is 2.43 bits per heavy atom. The Labute approximate surface area is 48.4 Å². The molecule has 0 radical (unpaired) electrons. The second-order valence-corrected chi connectivity index (χ2v) is 2.57. The highest BCUT2D eigenvalue weighted by Gasteiger charge is 1.85. The van der Waals surface area contributed by atoms with Crippen molar-refractivity contribution >= 4 is 11.8 Å². The molecule has 0 spiro atoms. The van der Waals surface area contributed by atoms with E-state index in [4.69, 9.17) is 5.11 Å². The van der Waals surface area contributed by atoms with Gasteiger partial charge in [0.05, 0.1) is 6.61 Å². The maximum atomic E-state index is 8.35. The van der Waals surface area contributed by atoms with Crippen LogP contribution in [0.25, 0.3) is 0 Å². The summed E-state index contributed by atoms with van der Waals surface area (Å²) in [4.78, 5) is 0.850. The van der Waals surface area contributed by atoms with Crippen molar-refractivity contribution in [1.82, 2.24) is 0 Å². The summed E-state index contributed by atoms with van der Waals surface area (Å²) in [6.07, 6.45) is 0. The van der Waals surface area contributed by atoms with E-state index < -0.39 is 0 Å². The Hall–Kier alpha value is 0.0500. The molecule has 0 atom stereocenters. The van der Waals surface area contributed by atoms with Crippen molar-refractivity contribution in [2.45, 2.75) is 6.92 Å². The van der Waals surface area contributed by atoms with Gasteiger partial charge in [0.1, 0.15) is 0 Å². The Bertz CT molecular complexity index is 61.1. The fourth-order valence-corrected chi connectivity index (χ4v) is 0.749. The lowest BCUT2D eigenvalue weighted by atomic mass is 10.7. The number of hydrogen-bond donors (Lipinski definition) is 1. The Morgan fingerprint density at radius 3 is 2.57 bits per heavy atom. The summed E-state index contributed by atoms with van der Waals surface area (Å²) in [6, 6.07) is 0. The number of rotatable bonds is 3. The second kappa shape index (κ2) is 4.22. The smallest absolute Gasteiger partial charge is 0.0734 e. The second-order valence-electron chi connectivity index (χ2n) is 1.13.